The van der Waals surface area contributed by atoms with Gasteiger partial charge in [0.05, 0.1) is 11.9 Å². The van der Waals surface area contributed by atoms with E-state index >= 15 is 0 Å². The number of rotatable bonds is 3. The normalized spacial score (nSPS) is 12.2. The number of hydrogen-bond acceptors (Lipinski definition) is 1. The molecule has 0 aliphatic heterocycles. The second-order valence-electron chi connectivity index (χ2n) is 4.17. The Morgan fingerprint density at radius 3 is 2.22 bits per heavy atom. The van der Waals surface area contributed by atoms with Gasteiger partial charge >= 0.3 is 0 Å². The van der Waals surface area contributed by atoms with Crippen LogP contribution in [0.15, 0.2) is 42.5 Å². The van der Waals surface area contributed by atoms with Gasteiger partial charge in [-0.2, -0.15) is 0 Å². The van der Waals surface area contributed by atoms with Crippen molar-refractivity contribution in [3.63, 3.8) is 0 Å². The molecule has 0 bridgehead atoms. The Morgan fingerprint density at radius 1 is 1.06 bits per heavy atom. The van der Waals surface area contributed by atoms with E-state index < -0.39 is 0 Å². The van der Waals surface area contributed by atoms with Crippen LogP contribution in [0.5, 0.6) is 5.75 Å². The topological polar surface area (TPSA) is 9.23 Å². The molecule has 0 amide bonds. The molecule has 0 aliphatic rings. The van der Waals surface area contributed by atoms with Crippen molar-refractivity contribution in [3.05, 3.63) is 65.0 Å². The smallest absolute Gasteiger partial charge is 0.165 e. The first-order valence-electron chi connectivity index (χ1n) is 5.66. The Labute approximate surface area is 115 Å². The van der Waals surface area contributed by atoms with Crippen LogP contribution in [0.3, 0.4) is 0 Å². The molecule has 0 radical (unpaired) electrons. The summed E-state index contributed by atoms with van der Waals surface area (Å²) in [6.07, 6.45) is 0. The molecule has 3 heteroatoms. The first-order valence-corrected chi connectivity index (χ1v) is 6.57. The summed E-state index contributed by atoms with van der Waals surface area (Å²) in [4.78, 5) is -0.0153. The van der Waals surface area contributed by atoms with E-state index in [-0.39, 0.29) is 16.4 Å². The Hall–Kier alpha value is -1.35. The van der Waals surface area contributed by atoms with Gasteiger partial charge in [0.1, 0.15) is 0 Å². The third-order valence-corrected chi connectivity index (χ3v) is 3.90. The fourth-order valence-corrected chi connectivity index (χ4v) is 2.36. The zero-order valence-corrected chi connectivity index (χ0v) is 11.9. The number of ether oxygens (including phenoxy) is 1. The molecule has 0 N–H and O–H groups in total. The molecule has 0 aromatic heterocycles. The van der Waals surface area contributed by atoms with Crippen molar-refractivity contribution in [1.29, 1.82) is 0 Å². The first kappa shape index (κ1) is 13.1. The van der Waals surface area contributed by atoms with Gasteiger partial charge in [-0.15, -0.1) is 0 Å². The highest BCUT2D eigenvalue weighted by molar-refractivity contribution is 9.09. The Kier molecular flexibility index (Phi) is 4.02. The SMILES string of the molecule is COc1ccc(C(Br)c2ccc(C)cc2)cc1F. The highest BCUT2D eigenvalue weighted by Gasteiger charge is 2.12. The number of alkyl halides is 1. The Balaban J connectivity index is 2.31. The van der Waals surface area contributed by atoms with Crippen LogP contribution in [0.4, 0.5) is 4.39 Å². The van der Waals surface area contributed by atoms with Gasteiger partial charge in [-0.05, 0) is 30.2 Å². The molecule has 0 aliphatic carbocycles. The molecular formula is C15H14BrFO. The van der Waals surface area contributed by atoms with E-state index in [9.17, 15) is 4.39 Å². The highest BCUT2D eigenvalue weighted by Crippen LogP contribution is 2.32. The van der Waals surface area contributed by atoms with Crippen molar-refractivity contribution in [1.82, 2.24) is 0 Å². The number of benzene rings is 2. The van der Waals surface area contributed by atoms with Crippen molar-refractivity contribution >= 4 is 15.9 Å². The number of aryl methyl sites for hydroxylation is 1. The lowest BCUT2D eigenvalue weighted by molar-refractivity contribution is 0.386. The summed E-state index contributed by atoms with van der Waals surface area (Å²) in [6.45, 7) is 2.04. The van der Waals surface area contributed by atoms with Gasteiger partial charge in [0.25, 0.3) is 0 Å². The largest absolute Gasteiger partial charge is 0.494 e. The van der Waals surface area contributed by atoms with Crippen LogP contribution in [0.1, 0.15) is 21.5 Å². The monoisotopic (exact) mass is 308 g/mol. The molecule has 1 nitrogen and oxygen atoms in total. The van der Waals surface area contributed by atoms with E-state index in [2.05, 4.69) is 15.9 Å². The predicted octanol–water partition coefficient (Wildman–Crippen LogP) is 4.63. The van der Waals surface area contributed by atoms with E-state index in [0.29, 0.717) is 0 Å². The van der Waals surface area contributed by atoms with Crippen molar-refractivity contribution in [2.75, 3.05) is 7.11 Å². The predicted molar refractivity (Wildman–Crippen MR) is 74.9 cm³/mol. The van der Waals surface area contributed by atoms with Gasteiger partial charge in [0.2, 0.25) is 0 Å². The maximum absolute atomic E-state index is 13.6. The molecule has 18 heavy (non-hydrogen) atoms. The van der Waals surface area contributed by atoms with Crippen LogP contribution < -0.4 is 4.74 Å². The van der Waals surface area contributed by atoms with E-state index in [0.717, 1.165) is 11.1 Å². The Bertz CT molecular complexity index is 537. The minimum atomic E-state index is -0.341. The lowest BCUT2D eigenvalue weighted by atomic mass is 10.0. The Morgan fingerprint density at radius 2 is 1.67 bits per heavy atom. The van der Waals surface area contributed by atoms with Crippen LogP contribution >= 0.6 is 15.9 Å². The second-order valence-corrected chi connectivity index (χ2v) is 5.08. The summed E-state index contributed by atoms with van der Waals surface area (Å²) < 4.78 is 18.6. The van der Waals surface area contributed by atoms with Crippen molar-refractivity contribution in [3.8, 4) is 5.75 Å². The molecule has 2 aromatic rings. The number of hydrogen-bond donors (Lipinski definition) is 0. The molecule has 0 saturated heterocycles. The van der Waals surface area contributed by atoms with Crippen molar-refractivity contribution in [2.24, 2.45) is 0 Å². The molecule has 0 spiro atoms. The lowest BCUT2D eigenvalue weighted by Gasteiger charge is -2.12. The van der Waals surface area contributed by atoms with Crippen LogP contribution in [-0.4, -0.2) is 7.11 Å². The molecule has 2 aromatic carbocycles. The number of halogens is 2. The molecule has 1 unspecified atom stereocenters. The zero-order chi connectivity index (χ0) is 13.1. The second kappa shape index (κ2) is 5.53. The summed E-state index contributed by atoms with van der Waals surface area (Å²) in [5.41, 5.74) is 3.18. The highest BCUT2D eigenvalue weighted by atomic mass is 79.9. The average molecular weight is 309 g/mol. The third-order valence-electron chi connectivity index (χ3n) is 2.84. The molecule has 0 fully saturated rings. The maximum atomic E-state index is 13.6. The van der Waals surface area contributed by atoms with Gasteiger partial charge in [-0.1, -0.05) is 51.8 Å². The van der Waals surface area contributed by atoms with E-state index in [1.807, 2.05) is 37.3 Å². The van der Waals surface area contributed by atoms with Crippen LogP contribution in [-0.2, 0) is 0 Å². The van der Waals surface area contributed by atoms with Gasteiger partial charge in [0.15, 0.2) is 11.6 Å². The fraction of sp³-hybridized carbons (Fsp3) is 0.200. The van der Waals surface area contributed by atoms with Crippen molar-refractivity contribution < 1.29 is 9.13 Å². The van der Waals surface area contributed by atoms with E-state index in [1.54, 1.807) is 6.07 Å². The molecule has 94 valence electrons. The third kappa shape index (κ3) is 2.72. The van der Waals surface area contributed by atoms with Crippen LogP contribution in [0.25, 0.3) is 0 Å². The fourth-order valence-electron chi connectivity index (χ4n) is 1.77. The average Bonchev–Trinajstić information content (AvgIpc) is 2.38. The van der Waals surface area contributed by atoms with Gasteiger partial charge in [0, 0.05) is 0 Å². The zero-order valence-electron chi connectivity index (χ0n) is 10.3. The standard InChI is InChI=1S/C15H14BrFO/c1-10-3-5-11(6-4-10)15(16)12-7-8-14(18-2)13(17)9-12/h3-9,15H,1-2H3. The van der Waals surface area contributed by atoms with Gasteiger partial charge < -0.3 is 4.74 Å². The summed E-state index contributed by atoms with van der Waals surface area (Å²) in [5.74, 6) is -0.0751. The van der Waals surface area contributed by atoms with E-state index in [4.69, 9.17) is 4.74 Å². The lowest BCUT2D eigenvalue weighted by Crippen LogP contribution is -1.95. The van der Waals surface area contributed by atoms with Crippen LogP contribution in [0, 0.1) is 12.7 Å². The molecular weight excluding hydrogens is 295 g/mol. The van der Waals surface area contributed by atoms with Crippen molar-refractivity contribution in [2.45, 2.75) is 11.8 Å². The minimum absolute atomic E-state index is 0.0153. The quantitative estimate of drug-likeness (QED) is 0.751. The van der Waals surface area contributed by atoms with E-state index in [1.165, 1.54) is 18.7 Å². The summed E-state index contributed by atoms with van der Waals surface area (Å²) in [7, 11) is 1.46. The minimum Gasteiger partial charge on any atom is -0.494 e. The number of methoxy groups -OCH3 is 1. The first-order chi connectivity index (χ1) is 8.61. The van der Waals surface area contributed by atoms with Crippen LogP contribution in [0.2, 0.25) is 0 Å². The molecule has 1 atom stereocenters. The van der Waals surface area contributed by atoms with Gasteiger partial charge in [-0.25, -0.2) is 4.39 Å². The summed E-state index contributed by atoms with van der Waals surface area (Å²) in [6, 6.07) is 13.2. The summed E-state index contributed by atoms with van der Waals surface area (Å²) in [5, 5.41) is 0. The van der Waals surface area contributed by atoms with Gasteiger partial charge in [-0.3, -0.25) is 0 Å². The maximum Gasteiger partial charge on any atom is 0.165 e. The molecule has 2 rings (SSSR count). The summed E-state index contributed by atoms with van der Waals surface area (Å²) >= 11 is 3.59. The molecule has 0 heterocycles. The molecule has 0 saturated carbocycles.